The molecule has 33 heavy (non-hydrogen) atoms. The number of hydrogen-bond acceptors (Lipinski definition) is 5. The second-order valence-corrected chi connectivity index (χ2v) is 10.0. The minimum Gasteiger partial charge on any atom is -0.349 e. The molecule has 0 spiro atoms. The summed E-state index contributed by atoms with van der Waals surface area (Å²) >= 11 is 12.9. The molecule has 2 N–H and O–H groups in total. The van der Waals surface area contributed by atoms with E-state index in [1.807, 2.05) is 6.07 Å². The highest BCUT2D eigenvalue weighted by atomic mass is 35.5. The number of hydrogen-bond donors (Lipinski definition) is 2. The van der Waals surface area contributed by atoms with Gasteiger partial charge < -0.3 is 5.32 Å². The average Bonchev–Trinajstić information content (AvgIpc) is 2.82. The smallest absolute Gasteiger partial charge is 0.289 e. The Morgan fingerprint density at radius 1 is 0.939 bits per heavy atom. The normalized spacial score (nSPS) is 12.7. The largest absolute Gasteiger partial charge is 0.349 e. The van der Waals surface area contributed by atoms with Gasteiger partial charge >= 0.3 is 0 Å². The van der Waals surface area contributed by atoms with E-state index in [9.17, 15) is 23.3 Å². The molecule has 1 atom stereocenters. The van der Waals surface area contributed by atoms with Crippen molar-refractivity contribution in [3.05, 3.63) is 106 Å². The van der Waals surface area contributed by atoms with Crippen LogP contribution >= 0.6 is 23.2 Å². The molecule has 3 aromatic carbocycles. The Bertz CT molecular complexity index is 1240. The molecule has 0 aliphatic carbocycles. The fourth-order valence-electron chi connectivity index (χ4n) is 3.08. The Morgan fingerprint density at radius 3 is 2.09 bits per heavy atom. The molecule has 0 heterocycles. The summed E-state index contributed by atoms with van der Waals surface area (Å²) in [6.07, 6.45) is 0. The summed E-state index contributed by atoms with van der Waals surface area (Å²) in [5.74, 6) is -0.839. The number of nitro groups is 1. The van der Waals surface area contributed by atoms with Crippen LogP contribution in [0.2, 0.25) is 0 Å². The van der Waals surface area contributed by atoms with Crippen molar-refractivity contribution in [2.24, 2.45) is 0 Å². The summed E-state index contributed by atoms with van der Waals surface area (Å²) in [5.41, 5.74) is 0.450. The Kier molecular flexibility index (Phi) is 7.70. The predicted molar refractivity (Wildman–Crippen MR) is 125 cm³/mol. The first kappa shape index (κ1) is 24.7. The number of carbonyl (C=O) groups is 1. The number of amides is 1. The van der Waals surface area contributed by atoms with Crippen LogP contribution in [-0.2, 0) is 21.4 Å². The minimum absolute atomic E-state index is 0.110. The molecular weight excluding hydrogens is 489 g/mol. The second kappa shape index (κ2) is 10.3. The number of carbonyl (C=O) groups excluding carboxylic acids is 1. The molecule has 1 amide bonds. The van der Waals surface area contributed by atoms with E-state index in [0.717, 1.165) is 17.7 Å². The van der Waals surface area contributed by atoms with Crippen LogP contribution in [0.3, 0.4) is 0 Å². The van der Waals surface area contributed by atoms with Gasteiger partial charge in [-0.05, 0) is 17.2 Å². The number of nitrogens with one attached hydrogen (secondary N) is 2. The molecule has 3 rings (SSSR count). The molecule has 0 aliphatic rings. The highest BCUT2D eigenvalue weighted by Gasteiger charge is 2.46. The lowest BCUT2D eigenvalue weighted by atomic mass is 10.0. The quantitative estimate of drug-likeness (QED) is 0.256. The van der Waals surface area contributed by atoms with E-state index >= 15 is 0 Å². The van der Waals surface area contributed by atoms with Crippen molar-refractivity contribution in [3.63, 3.8) is 0 Å². The van der Waals surface area contributed by atoms with Gasteiger partial charge in [-0.3, -0.25) is 14.9 Å². The van der Waals surface area contributed by atoms with Gasteiger partial charge in [-0.1, -0.05) is 96.0 Å². The van der Waals surface area contributed by atoms with Crippen molar-refractivity contribution in [2.75, 3.05) is 0 Å². The summed E-state index contributed by atoms with van der Waals surface area (Å²) < 4.78 is 26.2. The van der Waals surface area contributed by atoms with Crippen LogP contribution in [0.1, 0.15) is 17.2 Å². The van der Waals surface area contributed by atoms with Crippen LogP contribution in [0.5, 0.6) is 0 Å². The van der Waals surface area contributed by atoms with Gasteiger partial charge in [0.2, 0.25) is 14.4 Å². The monoisotopic (exact) mass is 507 g/mol. The highest BCUT2D eigenvalue weighted by Crippen LogP contribution is 2.38. The van der Waals surface area contributed by atoms with Crippen LogP contribution in [-0.4, -0.2) is 23.6 Å². The van der Waals surface area contributed by atoms with E-state index < -0.39 is 41.8 Å². The maximum Gasteiger partial charge on any atom is 0.289 e. The zero-order chi connectivity index (χ0) is 24.1. The molecule has 8 nitrogen and oxygen atoms in total. The first-order valence-corrected chi connectivity index (χ1v) is 11.9. The second-order valence-electron chi connectivity index (χ2n) is 6.98. The van der Waals surface area contributed by atoms with E-state index in [1.165, 1.54) is 24.3 Å². The van der Waals surface area contributed by atoms with E-state index in [4.69, 9.17) is 23.2 Å². The number of sulfonamides is 1. The first-order chi connectivity index (χ1) is 15.6. The summed E-state index contributed by atoms with van der Waals surface area (Å²) in [6.45, 7) is 0.110. The highest BCUT2D eigenvalue weighted by molar-refractivity contribution is 7.89. The molecule has 172 valence electrons. The summed E-state index contributed by atoms with van der Waals surface area (Å²) in [6, 6.07) is 20.4. The zero-order valence-electron chi connectivity index (χ0n) is 17.0. The lowest BCUT2D eigenvalue weighted by Gasteiger charge is -2.30. The number of para-hydroxylation sites is 1. The van der Waals surface area contributed by atoms with E-state index in [2.05, 4.69) is 10.0 Å². The van der Waals surface area contributed by atoms with Crippen molar-refractivity contribution in [2.45, 2.75) is 21.8 Å². The molecule has 0 aliphatic heterocycles. The third kappa shape index (κ3) is 5.88. The molecular formula is C22H19Cl2N3O5S. The SMILES string of the molecule is O=C(NCc1ccccc1)C(Cl)(Cl)C(NS(=O)(=O)c1ccccc1[N+](=O)[O-])c1ccccc1. The summed E-state index contributed by atoms with van der Waals surface area (Å²) in [5, 5.41) is 13.9. The zero-order valence-corrected chi connectivity index (χ0v) is 19.3. The molecule has 3 aromatic rings. The Hall–Kier alpha value is -2.98. The fraction of sp³-hybridized carbons (Fsp3) is 0.136. The van der Waals surface area contributed by atoms with Crippen molar-refractivity contribution in [1.82, 2.24) is 10.0 Å². The van der Waals surface area contributed by atoms with Crippen LogP contribution < -0.4 is 10.0 Å². The van der Waals surface area contributed by atoms with E-state index in [1.54, 1.807) is 42.5 Å². The molecule has 0 saturated heterocycles. The third-order valence-electron chi connectivity index (χ3n) is 4.72. The van der Waals surface area contributed by atoms with Gasteiger partial charge in [-0.15, -0.1) is 0 Å². The van der Waals surface area contributed by atoms with Crippen molar-refractivity contribution in [1.29, 1.82) is 0 Å². The summed E-state index contributed by atoms with van der Waals surface area (Å²) in [7, 11) is -4.51. The standard InChI is InChI=1S/C22H19Cl2N3O5S/c23-22(24,21(28)25-15-16-9-3-1-4-10-16)20(17-11-5-2-6-12-17)26-33(31,32)19-14-8-7-13-18(19)27(29)30/h1-14,20,26H,15H2,(H,25,28). The Morgan fingerprint density at radius 2 is 1.48 bits per heavy atom. The molecule has 0 radical (unpaired) electrons. The van der Waals surface area contributed by atoms with Crippen LogP contribution in [0.15, 0.2) is 89.8 Å². The molecule has 1 unspecified atom stereocenters. The van der Waals surface area contributed by atoms with E-state index in [-0.39, 0.29) is 6.54 Å². The van der Waals surface area contributed by atoms with Gasteiger partial charge in [0.05, 0.1) is 11.0 Å². The van der Waals surface area contributed by atoms with Gasteiger partial charge in [-0.2, -0.15) is 4.72 Å². The van der Waals surface area contributed by atoms with E-state index in [0.29, 0.717) is 5.56 Å². The topological polar surface area (TPSA) is 118 Å². The number of nitrogens with zero attached hydrogens (tertiary/aromatic N) is 1. The van der Waals surface area contributed by atoms with Crippen LogP contribution in [0, 0.1) is 10.1 Å². The Labute approximate surface area is 200 Å². The number of rotatable bonds is 9. The van der Waals surface area contributed by atoms with Crippen LogP contribution in [0.4, 0.5) is 5.69 Å². The van der Waals surface area contributed by atoms with Gasteiger partial charge in [-0.25, -0.2) is 8.42 Å². The number of halogens is 2. The van der Waals surface area contributed by atoms with Gasteiger partial charge in [0, 0.05) is 12.6 Å². The average molecular weight is 508 g/mol. The summed E-state index contributed by atoms with van der Waals surface area (Å²) in [4.78, 5) is 22.9. The van der Waals surface area contributed by atoms with Gasteiger partial charge in [0.1, 0.15) is 0 Å². The molecule has 0 bridgehead atoms. The van der Waals surface area contributed by atoms with Gasteiger partial charge in [0.25, 0.3) is 11.6 Å². The number of nitro benzene ring substituents is 1. The maximum atomic E-state index is 13.1. The van der Waals surface area contributed by atoms with Crippen LogP contribution in [0.25, 0.3) is 0 Å². The maximum absolute atomic E-state index is 13.1. The Balaban J connectivity index is 1.95. The number of alkyl halides is 2. The van der Waals surface area contributed by atoms with Crippen molar-refractivity contribution < 1.29 is 18.1 Å². The molecule has 0 aromatic heterocycles. The fourth-order valence-corrected chi connectivity index (χ4v) is 5.13. The minimum atomic E-state index is -4.51. The van der Waals surface area contributed by atoms with Gasteiger partial charge in [0.15, 0.2) is 4.90 Å². The predicted octanol–water partition coefficient (Wildman–Crippen LogP) is 4.10. The molecule has 0 fully saturated rings. The first-order valence-electron chi connectivity index (χ1n) is 9.63. The lowest BCUT2D eigenvalue weighted by Crippen LogP contribution is -2.48. The van der Waals surface area contributed by atoms with Crippen molar-refractivity contribution in [3.8, 4) is 0 Å². The molecule has 0 saturated carbocycles. The van der Waals surface area contributed by atoms with Crippen molar-refractivity contribution >= 4 is 44.8 Å². The number of benzene rings is 3. The molecule has 11 heteroatoms. The lowest BCUT2D eigenvalue weighted by molar-refractivity contribution is -0.387. The third-order valence-corrected chi connectivity index (χ3v) is 6.97.